The number of carbonyl (C=O) groups is 1. The van der Waals surface area contributed by atoms with E-state index in [1.54, 1.807) is 13.2 Å². The summed E-state index contributed by atoms with van der Waals surface area (Å²) in [5, 5.41) is 0.875. The molecule has 28 heavy (non-hydrogen) atoms. The quantitative estimate of drug-likeness (QED) is 0.750. The number of anilines is 1. The standard InChI is InChI=1S/C21H23N5O2/c1-28-16-6-4-5-15(13-16)21(27)26-11-9-25(10-12-26)14-19-23-18-8-3-2-7-17(18)20(22)24-19/h2-8,13H,9-12,14H2,1H3,(H2,22,23,24). The highest BCUT2D eigenvalue weighted by molar-refractivity contribution is 5.94. The first-order chi connectivity index (χ1) is 13.6. The molecule has 0 spiro atoms. The van der Waals surface area contributed by atoms with Gasteiger partial charge in [0.15, 0.2) is 0 Å². The molecular weight excluding hydrogens is 354 g/mol. The summed E-state index contributed by atoms with van der Waals surface area (Å²) < 4.78 is 5.21. The number of fused-ring (bicyclic) bond motifs is 1. The van der Waals surface area contributed by atoms with Crippen LogP contribution in [0.4, 0.5) is 5.82 Å². The van der Waals surface area contributed by atoms with E-state index in [9.17, 15) is 4.79 Å². The van der Waals surface area contributed by atoms with Crippen LogP contribution in [0.3, 0.4) is 0 Å². The maximum Gasteiger partial charge on any atom is 0.254 e. The summed E-state index contributed by atoms with van der Waals surface area (Å²) >= 11 is 0. The van der Waals surface area contributed by atoms with Gasteiger partial charge in [-0.15, -0.1) is 0 Å². The number of carbonyl (C=O) groups excluding carboxylic acids is 1. The summed E-state index contributed by atoms with van der Waals surface area (Å²) in [5.74, 6) is 1.94. The fraction of sp³-hybridized carbons (Fsp3) is 0.286. The molecule has 0 atom stereocenters. The van der Waals surface area contributed by atoms with Gasteiger partial charge in [-0.25, -0.2) is 9.97 Å². The summed E-state index contributed by atoms with van der Waals surface area (Å²) in [5.41, 5.74) is 7.59. The number of nitrogen functional groups attached to an aromatic ring is 1. The monoisotopic (exact) mass is 377 g/mol. The Bertz CT molecular complexity index is 999. The van der Waals surface area contributed by atoms with E-state index >= 15 is 0 Å². The second-order valence-corrected chi connectivity index (χ2v) is 6.84. The Hall–Kier alpha value is -3.19. The normalized spacial score (nSPS) is 15.0. The first kappa shape index (κ1) is 18.2. The highest BCUT2D eigenvalue weighted by Gasteiger charge is 2.23. The molecule has 1 aliphatic heterocycles. The lowest BCUT2D eigenvalue weighted by Gasteiger charge is -2.34. The molecule has 1 saturated heterocycles. The van der Waals surface area contributed by atoms with Gasteiger partial charge in [0.25, 0.3) is 5.91 Å². The molecule has 1 fully saturated rings. The number of aromatic nitrogens is 2. The fourth-order valence-electron chi connectivity index (χ4n) is 3.47. The van der Waals surface area contributed by atoms with Crippen LogP contribution >= 0.6 is 0 Å². The van der Waals surface area contributed by atoms with Gasteiger partial charge in [0.2, 0.25) is 0 Å². The Morgan fingerprint density at radius 3 is 2.64 bits per heavy atom. The van der Waals surface area contributed by atoms with Crippen molar-refractivity contribution >= 4 is 22.6 Å². The van der Waals surface area contributed by atoms with Gasteiger partial charge in [-0.3, -0.25) is 9.69 Å². The Morgan fingerprint density at radius 2 is 1.86 bits per heavy atom. The molecule has 0 aliphatic carbocycles. The van der Waals surface area contributed by atoms with Crippen LogP contribution in [0.25, 0.3) is 10.9 Å². The van der Waals surface area contributed by atoms with Gasteiger partial charge in [-0.2, -0.15) is 0 Å². The third kappa shape index (κ3) is 3.75. The van der Waals surface area contributed by atoms with Crippen molar-refractivity contribution in [1.82, 2.24) is 19.8 Å². The predicted octanol–water partition coefficient (Wildman–Crippen LogP) is 2.18. The van der Waals surface area contributed by atoms with Crippen LogP contribution in [-0.4, -0.2) is 59.0 Å². The van der Waals surface area contributed by atoms with Gasteiger partial charge < -0.3 is 15.4 Å². The van der Waals surface area contributed by atoms with E-state index in [0.29, 0.717) is 42.6 Å². The van der Waals surface area contributed by atoms with E-state index in [1.165, 1.54) is 0 Å². The highest BCUT2D eigenvalue weighted by Crippen LogP contribution is 2.19. The second-order valence-electron chi connectivity index (χ2n) is 6.84. The Kier molecular flexibility index (Phi) is 5.08. The number of hydrogen-bond acceptors (Lipinski definition) is 6. The third-order valence-electron chi connectivity index (χ3n) is 5.02. The molecule has 2 aromatic carbocycles. The molecule has 0 radical (unpaired) electrons. The summed E-state index contributed by atoms with van der Waals surface area (Å²) in [6.45, 7) is 3.49. The van der Waals surface area contributed by atoms with Crippen LogP contribution in [0.5, 0.6) is 5.75 Å². The third-order valence-corrected chi connectivity index (χ3v) is 5.02. The lowest BCUT2D eigenvalue weighted by atomic mass is 10.1. The molecule has 1 amide bonds. The van der Waals surface area contributed by atoms with Crippen LogP contribution in [0, 0.1) is 0 Å². The van der Waals surface area contributed by atoms with E-state index in [4.69, 9.17) is 10.5 Å². The van der Waals surface area contributed by atoms with E-state index in [1.807, 2.05) is 47.4 Å². The number of para-hydroxylation sites is 1. The Morgan fingerprint density at radius 1 is 1.07 bits per heavy atom. The van der Waals surface area contributed by atoms with Crippen LogP contribution in [0.2, 0.25) is 0 Å². The van der Waals surface area contributed by atoms with Gasteiger partial charge >= 0.3 is 0 Å². The number of methoxy groups -OCH3 is 1. The van der Waals surface area contributed by atoms with Crippen molar-refractivity contribution in [3.05, 3.63) is 59.9 Å². The summed E-state index contributed by atoms with van der Waals surface area (Å²) in [4.78, 5) is 25.9. The zero-order valence-electron chi connectivity index (χ0n) is 15.8. The molecule has 1 aliphatic rings. The van der Waals surface area contributed by atoms with E-state index < -0.39 is 0 Å². The summed E-state index contributed by atoms with van der Waals surface area (Å²) in [6, 6.07) is 15.0. The number of nitrogens with two attached hydrogens (primary N) is 1. The molecule has 3 aromatic rings. The molecule has 1 aromatic heterocycles. The molecule has 0 saturated carbocycles. The number of hydrogen-bond donors (Lipinski definition) is 1. The topological polar surface area (TPSA) is 84.6 Å². The average molecular weight is 377 g/mol. The Balaban J connectivity index is 1.39. The molecule has 2 N–H and O–H groups in total. The molecule has 2 heterocycles. The second kappa shape index (κ2) is 7.82. The molecule has 144 valence electrons. The van der Waals surface area contributed by atoms with Crippen molar-refractivity contribution in [2.45, 2.75) is 6.54 Å². The van der Waals surface area contributed by atoms with Gasteiger partial charge in [0.05, 0.1) is 19.2 Å². The van der Waals surface area contributed by atoms with E-state index in [-0.39, 0.29) is 5.91 Å². The largest absolute Gasteiger partial charge is 0.497 e. The molecule has 7 heteroatoms. The number of ether oxygens (including phenoxy) is 1. The maximum absolute atomic E-state index is 12.7. The number of piperazine rings is 1. The van der Waals surface area contributed by atoms with E-state index in [0.717, 1.165) is 24.0 Å². The average Bonchev–Trinajstić information content (AvgIpc) is 2.74. The molecule has 0 unspecified atom stereocenters. The van der Waals surface area contributed by atoms with Crippen molar-refractivity contribution in [2.75, 3.05) is 39.0 Å². The SMILES string of the molecule is COc1cccc(C(=O)N2CCN(Cc3nc(N)c4ccccc4n3)CC2)c1. The molecular formula is C21H23N5O2. The van der Waals surface area contributed by atoms with E-state index in [2.05, 4.69) is 14.9 Å². The Labute approximate surface area is 163 Å². The van der Waals surface area contributed by atoms with Crippen LogP contribution in [0.15, 0.2) is 48.5 Å². The first-order valence-corrected chi connectivity index (χ1v) is 9.31. The summed E-state index contributed by atoms with van der Waals surface area (Å²) in [6.07, 6.45) is 0. The zero-order chi connectivity index (χ0) is 19.5. The van der Waals surface area contributed by atoms with Crippen molar-refractivity contribution in [2.24, 2.45) is 0 Å². The fourth-order valence-corrected chi connectivity index (χ4v) is 3.47. The van der Waals surface area contributed by atoms with Crippen molar-refractivity contribution < 1.29 is 9.53 Å². The lowest BCUT2D eigenvalue weighted by molar-refractivity contribution is 0.0625. The molecule has 7 nitrogen and oxygen atoms in total. The zero-order valence-corrected chi connectivity index (χ0v) is 15.8. The minimum atomic E-state index is 0.0322. The molecule has 4 rings (SSSR count). The molecule has 0 bridgehead atoms. The highest BCUT2D eigenvalue weighted by atomic mass is 16.5. The van der Waals surface area contributed by atoms with Gasteiger partial charge in [0, 0.05) is 37.1 Å². The van der Waals surface area contributed by atoms with Crippen LogP contribution < -0.4 is 10.5 Å². The predicted molar refractivity (Wildman–Crippen MR) is 108 cm³/mol. The van der Waals surface area contributed by atoms with Crippen molar-refractivity contribution in [3.63, 3.8) is 0 Å². The van der Waals surface area contributed by atoms with Crippen LogP contribution in [0.1, 0.15) is 16.2 Å². The van der Waals surface area contributed by atoms with Gasteiger partial charge in [-0.1, -0.05) is 18.2 Å². The van der Waals surface area contributed by atoms with Crippen molar-refractivity contribution in [1.29, 1.82) is 0 Å². The van der Waals surface area contributed by atoms with Gasteiger partial charge in [-0.05, 0) is 30.3 Å². The van der Waals surface area contributed by atoms with Gasteiger partial charge in [0.1, 0.15) is 17.4 Å². The smallest absolute Gasteiger partial charge is 0.254 e. The van der Waals surface area contributed by atoms with Crippen LogP contribution in [-0.2, 0) is 6.54 Å². The lowest BCUT2D eigenvalue weighted by Crippen LogP contribution is -2.48. The number of benzene rings is 2. The first-order valence-electron chi connectivity index (χ1n) is 9.31. The number of nitrogens with zero attached hydrogens (tertiary/aromatic N) is 4. The summed E-state index contributed by atoms with van der Waals surface area (Å²) in [7, 11) is 1.60. The maximum atomic E-state index is 12.7. The number of amides is 1. The number of rotatable bonds is 4. The minimum Gasteiger partial charge on any atom is -0.497 e. The van der Waals surface area contributed by atoms with Crippen molar-refractivity contribution in [3.8, 4) is 5.75 Å². The minimum absolute atomic E-state index is 0.0322.